The number of hydrogen-bond donors (Lipinski definition) is 1. The number of ether oxygens (including phenoxy) is 1. The standard InChI is InChI=1S/C26H27N3O4/c30-26(27-15-14-20-8-10-21(11-9-20)19-28-16-4-5-17-28)33-25-13-12-23(18-24(25)29(31)32)22-6-2-1-3-7-22/h1-3,6-13,18H,4-5,14-17,19H2,(H,27,30). The molecule has 1 N–H and O–H groups in total. The number of benzene rings is 3. The Morgan fingerprint density at radius 3 is 2.33 bits per heavy atom. The van der Waals surface area contributed by atoms with E-state index in [4.69, 9.17) is 4.74 Å². The number of likely N-dealkylation sites (tertiary alicyclic amines) is 1. The summed E-state index contributed by atoms with van der Waals surface area (Å²) in [6.07, 6.45) is 2.49. The summed E-state index contributed by atoms with van der Waals surface area (Å²) >= 11 is 0. The normalized spacial score (nSPS) is 13.6. The van der Waals surface area contributed by atoms with Gasteiger partial charge in [-0.3, -0.25) is 15.0 Å². The summed E-state index contributed by atoms with van der Waals surface area (Å²) in [5.74, 6) is -0.0801. The van der Waals surface area contributed by atoms with Gasteiger partial charge in [0.05, 0.1) is 4.92 Å². The number of rotatable bonds is 8. The van der Waals surface area contributed by atoms with E-state index in [9.17, 15) is 14.9 Å². The summed E-state index contributed by atoms with van der Waals surface area (Å²) in [6.45, 7) is 3.69. The first-order valence-electron chi connectivity index (χ1n) is 11.2. The molecule has 0 radical (unpaired) electrons. The van der Waals surface area contributed by atoms with E-state index in [-0.39, 0.29) is 11.4 Å². The molecule has 170 valence electrons. The number of nitrogens with one attached hydrogen (secondary N) is 1. The number of carbonyl (C=O) groups excluding carboxylic acids is 1. The molecule has 3 aromatic carbocycles. The van der Waals surface area contributed by atoms with Crippen LogP contribution in [-0.2, 0) is 13.0 Å². The highest BCUT2D eigenvalue weighted by Crippen LogP contribution is 2.32. The molecule has 1 fully saturated rings. The minimum absolute atomic E-state index is 0.0801. The van der Waals surface area contributed by atoms with E-state index in [0.29, 0.717) is 18.5 Å². The average molecular weight is 446 g/mol. The Balaban J connectivity index is 1.30. The summed E-state index contributed by atoms with van der Waals surface area (Å²) in [5.41, 5.74) is 3.68. The monoisotopic (exact) mass is 445 g/mol. The van der Waals surface area contributed by atoms with Crippen LogP contribution in [-0.4, -0.2) is 35.6 Å². The lowest BCUT2D eigenvalue weighted by Gasteiger charge is -2.14. The van der Waals surface area contributed by atoms with Crippen molar-refractivity contribution in [3.63, 3.8) is 0 Å². The number of nitro benzene ring substituents is 1. The van der Waals surface area contributed by atoms with Gasteiger partial charge >= 0.3 is 11.8 Å². The van der Waals surface area contributed by atoms with E-state index in [1.807, 2.05) is 30.3 Å². The molecule has 1 heterocycles. The van der Waals surface area contributed by atoms with E-state index in [1.165, 1.54) is 43.6 Å². The van der Waals surface area contributed by atoms with Crippen LogP contribution in [0, 0.1) is 10.1 Å². The SMILES string of the molecule is O=C(NCCc1ccc(CN2CCCC2)cc1)Oc1ccc(-c2ccccc2)cc1[N+](=O)[O-]. The van der Waals surface area contributed by atoms with Gasteiger partial charge in [0.25, 0.3) is 0 Å². The van der Waals surface area contributed by atoms with Gasteiger partial charge in [-0.1, -0.05) is 60.7 Å². The highest BCUT2D eigenvalue weighted by atomic mass is 16.6. The van der Waals surface area contributed by atoms with Crippen LogP contribution in [0.15, 0.2) is 72.8 Å². The lowest BCUT2D eigenvalue weighted by atomic mass is 10.1. The van der Waals surface area contributed by atoms with Gasteiger partial charge in [0.1, 0.15) is 0 Å². The maximum Gasteiger partial charge on any atom is 0.412 e. The minimum atomic E-state index is -0.712. The van der Waals surface area contributed by atoms with Crippen LogP contribution in [0.25, 0.3) is 11.1 Å². The van der Waals surface area contributed by atoms with Gasteiger partial charge in [-0.2, -0.15) is 0 Å². The molecule has 7 heteroatoms. The van der Waals surface area contributed by atoms with Crippen molar-refractivity contribution in [1.82, 2.24) is 10.2 Å². The Hall–Kier alpha value is -3.71. The molecule has 4 rings (SSSR count). The molecule has 7 nitrogen and oxygen atoms in total. The molecular formula is C26H27N3O4. The lowest BCUT2D eigenvalue weighted by molar-refractivity contribution is -0.385. The highest BCUT2D eigenvalue weighted by Gasteiger charge is 2.19. The second-order valence-corrected chi connectivity index (χ2v) is 8.17. The van der Waals surface area contributed by atoms with Crippen LogP contribution in [0.3, 0.4) is 0 Å². The van der Waals surface area contributed by atoms with E-state index in [0.717, 1.165) is 17.7 Å². The van der Waals surface area contributed by atoms with Gasteiger partial charge in [0.2, 0.25) is 5.75 Å². The number of nitrogens with zero attached hydrogens (tertiary/aromatic N) is 2. The van der Waals surface area contributed by atoms with Crippen molar-refractivity contribution >= 4 is 11.8 Å². The van der Waals surface area contributed by atoms with Crippen LogP contribution in [0.1, 0.15) is 24.0 Å². The van der Waals surface area contributed by atoms with Crippen LogP contribution in [0.4, 0.5) is 10.5 Å². The number of hydrogen-bond acceptors (Lipinski definition) is 5. The smallest absolute Gasteiger partial charge is 0.403 e. The minimum Gasteiger partial charge on any atom is -0.403 e. The second-order valence-electron chi connectivity index (χ2n) is 8.17. The number of nitro groups is 1. The van der Waals surface area contributed by atoms with Gasteiger partial charge in [-0.15, -0.1) is 0 Å². The molecular weight excluding hydrogens is 418 g/mol. The quantitative estimate of drug-likeness (QED) is 0.381. The predicted molar refractivity (Wildman–Crippen MR) is 127 cm³/mol. The Morgan fingerprint density at radius 1 is 0.939 bits per heavy atom. The molecule has 0 saturated carbocycles. The fraction of sp³-hybridized carbons (Fsp3) is 0.269. The zero-order valence-corrected chi connectivity index (χ0v) is 18.4. The maximum absolute atomic E-state index is 12.2. The summed E-state index contributed by atoms with van der Waals surface area (Å²) in [4.78, 5) is 25.6. The third-order valence-electron chi connectivity index (χ3n) is 5.78. The number of carbonyl (C=O) groups is 1. The summed E-state index contributed by atoms with van der Waals surface area (Å²) in [7, 11) is 0. The predicted octanol–water partition coefficient (Wildman–Crippen LogP) is 5.19. The second kappa shape index (κ2) is 10.7. The maximum atomic E-state index is 12.2. The van der Waals surface area contributed by atoms with Gasteiger partial charge in [0, 0.05) is 19.2 Å². The molecule has 1 amide bonds. The molecule has 1 aliphatic rings. The Morgan fingerprint density at radius 2 is 1.64 bits per heavy atom. The summed E-state index contributed by atoms with van der Waals surface area (Å²) < 4.78 is 5.23. The fourth-order valence-electron chi connectivity index (χ4n) is 4.01. The van der Waals surface area contributed by atoms with Crippen LogP contribution < -0.4 is 10.1 Å². The van der Waals surface area contributed by atoms with E-state index >= 15 is 0 Å². The van der Waals surface area contributed by atoms with Crippen LogP contribution >= 0.6 is 0 Å². The van der Waals surface area contributed by atoms with Crippen LogP contribution in [0.5, 0.6) is 5.75 Å². The molecule has 0 aromatic heterocycles. The molecule has 33 heavy (non-hydrogen) atoms. The molecule has 0 bridgehead atoms. The van der Waals surface area contributed by atoms with Crippen molar-refractivity contribution in [1.29, 1.82) is 0 Å². The third kappa shape index (κ3) is 6.17. The molecule has 0 spiro atoms. The molecule has 1 aliphatic heterocycles. The van der Waals surface area contributed by atoms with Crippen molar-refractivity contribution in [2.24, 2.45) is 0 Å². The van der Waals surface area contributed by atoms with Gasteiger partial charge in [0.15, 0.2) is 0 Å². The van der Waals surface area contributed by atoms with Gasteiger partial charge in [-0.05, 0) is 60.7 Å². The highest BCUT2D eigenvalue weighted by molar-refractivity contribution is 5.74. The lowest BCUT2D eigenvalue weighted by Crippen LogP contribution is -2.29. The molecule has 0 atom stereocenters. The molecule has 0 aliphatic carbocycles. The molecule has 1 saturated heterocycles. The zero-order chi connectivity index (χ0) is 23.0. The van der Waals surface area contributed by atoms with Crippen molar-refractivity contribution < 1.29 is 14.5 Å². The topological polar surface area (TPSA) is 84.7 Å². The Kier molecular flexibility index (Phi) is 7.32. The Bertz CT molecular complexity index is 1090. The summed E-state index contributed by atoms with van der Waals surface area (Å²) in [6, 6.07) is 22.3. The third-order valence-corrected chi connectivity index (χ3v) is 5.78. The Labute approximate surface area is 193 Å². The fourth-order valence-corrected chi connectivity index (χ4v) is 4.01. The first kappa shape index (κ1) is 22.5. The van der Waals surface area contributed by atoms with Crippen molar-refractivity contribution in [2.45, 2.75) is 25.8 Å². The largest absolute Gasteiger partial charge is 0.412 e. The zero-order valence-electron chi connectivity index (χ0n) is 18.4. The molecule has 3 aromatic rings. The summed E-state index contributed by atoms with van der Waals surface area (Å²) in [5, 5.41) is 14.2. The van der Waals surface area contributed by atoms with Crippen molar-refractivity contribution in [3.8, 4) is 16.9 Å². The van der Waals surface area contributed by atoms with Gasteiger partial charge in [-0.25, -0.2) is 4.79 Å². The first-order valence-corrected chi connectivity index (χ1v) is 11.2. The first-order chi connectivity index (χ1) is 16.1. The van der Waals surface area contributed by atoms with E-state index in [1.54, 1.807) is 6.07 Å². The van der Waals surface area contributed by atoms with Crippen molar-refractivity contribution in [3.05, 3.63) is 94.0 Å². The van der Waals surface area contributed by atoms with Crippen LogP contribution in [0.2, 0.25) is 0 Å². The van der Waals surface area contributed by atoms with E-state index in [2.05, 4.69) is 34.5 Å². The van der Waals surface area contributed by atoms with Crippen molar-refractivity contribution in [2.75, 3.05) is 19.6 Å². The van der Waals surface area contributed by atoms with Gasteiger partial charge < -0.3 is 10.1 Å². The average Bonchev–Trinajstić information content (AvgIpc) is 3.34. The molecule has 0 unspecified atom stereocenters. The number of amides is 1. The van der Waals surface area contributed by atoms with E-state index < -0.39 is 11.0 Å².